The summed E-state index contributed by atoms with van der Waals surface area (Å²) in [5, 5.41) is 8.25. The van der Waals surface area contributed by atoms with E-state index < -0.39 is 34.3 Å². The molecule has 0 aliphatic carbocycles. The molecule has 0 radical (unpaired) electrons. The van der Waals surface area contributed by atoms with Gasteiger partial charge in [-0.3, -0.25) is 0 Å². The highest BCUT2D eigenvalue weighted by Crippen LogP contribution is 2.47. The number of hydrogen-bond donors (Lipinski definition) is 1. The summed E-state index contributed by atoms with van der Waals surface area (Å²) in [5.74, 6) is 0. The van der Waals surface area contributed by atoms with Crippen molar-refractivity contribution in [2.75, 3.05) is 6.61 Å². The fourth-order valence-corrected chi connectivity index (χ4v) is 1.01. The summed E-state index contributed by atoms with van der Waals surface area (Å²) in [4.78, 5) is 0. The predicted octanol–water partition coefficient (Wildman–Crippen LogP) is 3.13. The monoisotopic (exact) mass is 352 g/mol. The Morgan fingerprint density at radius 1 is 1.00 bits per heavy atom. The number of alkyl halides is 7. The van der Waals surface area contributed by atoms with E-state index in [1.807, 2.05) is 0 Å². The van der Waals surface area contributed by atoms with E-state index in [1.54, 1.807) is 0 Å². The van der Waals surface area contributed by atoms with Crippen LogP contribution in [0.25, 0.3) is 0 Å². The SMILES string of the molecule is OC/C(I)=C\C(F)(C(F)(F)F)C(F)(F)F. The van der Waals surface area contributed by atoms with Gasteiger partial charge < -0.3 is 5.11 Å². The maximum absolute atomic E-state index is 12.8. The molecule has 0 saturated carbocycles. The molecule has 0 aliphatic rings. The van der Waals surface area contributed by atoms with Crippen LogP contribution < -0.4 is 0 Å². The Morgan fingerprint density at radius 2 is 1.33 bits per heavy atom. The van der Waals surface area contributed by atoms with Gasteiger partial charge >= 0.3 is 18.0 Å². The van der Waals surface area contributed by atoms with Crippen LogP contribution in [0.1, 0.15) is 0 Å². The van der Waals surface area contributed by atoms with Crippen LogP contribution in [0.2, 0.25) is 0 Å². The van der Waals surface area contributed by atoms with Gasteiger partial charge in [0.25, 0.3) is 0 Å². The minimum atomic E-state index is -6.11. The van der Waals surface area contributed by atoms with Crippen molar-refractivity contribution in [3.05, 3.63) is 9.66 Å². The summed E-state index contributed by atoms with van der Waals surface area (Å²) >= 11 is 0.982. The van der Waals surface area contributed by atoms with Gasteiger partial charge in [-0.2, -0.15) is 26.3 Å². The van der Waals surface area contributed by atoms with E-state index in [0.717, 1.165) is 22.6 Å². The van der Waals surface area contributed by atoms with Gasteiger partial charge in [0, 0.05) is 3.58 Å². The van der Waals surface area contributed by atoms with Crippen LogP contribution in [-0.2, 0) is 0 Å². The standard InChI is InChI=1S/C6H4F7IO/c7-4(5(8,9)10,6(11,12)13)1-3(14)2-15/h1,15H,2H2/b3-1+. The number of hydrogen-bond acceptors (Lipinski definition) is 1. The largest absolute Gasteiger partial charge is 0.435 e. The fourth-order valence-electron chi connectivity index (χ4n) is 0.586. The summed E-state index contributed by atoms with van der Waals surface area (Å²) in [6.07, 6.45) is -12.9. The van der Waals surface area contributed by atoms with E-state index in [2.05, 4.69) is 0 Å². The molecule has 0 rings (SSSR count). The highest BCUT2D eigenvalue weighted by molar-refractivity contribution is 14.1. The van der Waals surface area contributed by atoms with E-state index in [9.17, 15) is 30.7 Å². The number of aliphatic hydroxyl groups excluding tert-OH is 1. The maximum Gasteiger partial charge on any atom is 0.435 e. The molecule has 0 bridgehead atoms. The summed E-state index contributed by atoms with van der Waals surface area (Å²) in [7, 11) is 0. The molecular weight excluding hydrogens is 348 g/mol. The third-order valence-corrected chi connectivity index (χ3v) is 1.98. The lowest BCUT2D eigenvalue weighted by molar-refractivity contribution is -0.322. The van der Waals surface area contributed by atoms with Crippen LogP contribution in [-0.4, -0.2) is 29.7 Å². The quantitative estimate of drug-likeness (QED) is 0.598. The van der Waals surface area contributed by atoms with Crippen LogP contribution >= 0.6 is 22.6 Å². The van der Waals surface area contributed by atoms with Crippen LogP contribution in [0.4, 0.5) is 30.7 Å². The van der Waals surface area contributed by atoms with E-state index >= 15 is 0 Å². The normalized spacial score (nSPS) is 15.7. The molecular formula is C6H4F7IO. The van der Waals surface area contributed by atoms with E-state index in [0.29, 0.717) is 0 Å². The maximum atomic E-state index is 12.8. The van der Waals surface area contributed by atoms with Gasteiger partial charge in [0.05, 0.1) is 6.61 Å². The Morgan fingerprint density at radius 3 is 1.53 bits per heavy atom. The zero-order chi connectivity index (χ0) is 12.5. The molecule has 0 fully saturated rings. The molecule has 15 heavy (non-hydrogen) atoms. The third-order valence-electron chi connectivity index (χ3n) is 1.33. The first-order valence-electron chi connectivity index (χ1n) is 3.26. The van der Waals surface area contributed by atoms with E-state index in [-0.39, 0.29) is 0 Å². The molecule has 0 atom stereocenters. The summed E-state index contributed by atoms with van der Waals surface area (Å²) in [6, 6.07) is 0. The molecule has 1 N–H and O–H groups in total. The topological polar surface area (TPSA) is 20.2 Å². The average Bonchev–Trinajstić information content (AvgIpc) is 1.99. The van der Waals surface area contributed by atoms with Crippen LogP contribution in [0.15, 0.2) is 9.66 Å². The first-order valence-corrected chi connectivity index (χ1v) is 4.34. The lowest BCUT2D eigenvalue weighted by Gasteiger charge is -2.27. The second-order valence-electron chi connectivity index (χ2n) is 2.46. The van der Waals surface area contributed by atoms with Crippen molar-refractivity contribution in [2.24, 2.45) is 0 Å². The van der Waals surface area contributed by atoms with Crippen LogP contribution in [0.3, 0.4) is 0 Å². The minimum Gasteiger partial charge on any atom is -0.391 e. The van der Waals surface area contributed by atoms with Gasteiger partial charge in [-0.25, -0.2) is 4.39 Å². The number of rotatable bonds is 2. The molecule has 90 valence electrons. The molecule has 0 aromatic heterocycles. The van der Waals surface area contributed by atoms with Gasteiger partial charge in [0.2, 0.25) is 0 Å². The molecule has 0 heterocycles. The van der Waals surface area contributed by atoms with Gasteiger partial charge in [-0.15, -0.1) is 0 Å². The van der Waals surface area contributed by atoms with E-state index in [4.69, 9.17) is 5.11 Å². The fraction of sp³-hybridized carbons (Fsp3) is 0.667. The smallest absolute Gasteiger partial charge is 0.391 e. The molecule has 9 heteroatoms. The molecule has 0 saturated heterocycles. The van der Waals surface area contributed by atoms with Crippen molar-refractivity contribution >= 4 is 22.6 Å². The predicted molar refractivity (Wildman–Crippen MR) is 45.1 cm³/mol. The molecule has 0 spiro atoms. The number of aliphatic hydroxyl groups is 1. The van der Waals surface area contributed by atoms with Crippen molar-refractivity contribution < 1.29 is 35.8 Å². The van der Waals surface area contributed by atoms with Crippen molar-refractivity contribution in [3.8, 4) is 0 Å². The van der Waals surface area contributed by atoms with Crippen LogP contribution in [0, 0.1) is 0 Å². The second-order valence-corrected chi connectivity index (χ2v) is 3.84. The van der Waals surface area contributed by atoms with Gasteiger partial charge in [0.1, 0.15) is 0 Å². The third kappa shape index (κ3) is 3.20. The highest BCUT2D eigenvalue weighted by atomic mass is 127. The van der Waals surface area contributed by atoms with Crippen molar-refractivity contribution in [3.63, 3.8) is 0 Å². The first-order chi connectivity index (χ1) is 6.45. The van der Waals surface area contributed by atoms with E-state index in [1.165, 1.54) is 0 Å². The molecule has 0 unspecified atom stereocenters. The van der Waals surface area contributed by atoms with Crippen molar-refractivity contribution in [2.45, 2.75) is 18.0 Å². The highest BCUT2D eigenvalue weighted by Gasteiger charge is 2.71. The number of halogens is 8. The Hall–Kier alpha value is -0.0600. The average molecular weight is 352 g/mol. The lowest BCUT2D eigenvalue weighted by Crippen LogP contribution is -2.51. The molecule has 0 aromatic rings. The molecule has 0 aromatic carbocycles. The molecule has 0 aliphatic heterocycles. The second kappa shape index (κ2) is 4.44. The number of allylic oxidation sites excluding steroid dienone is 1. The Bertz CT molecular complexity index is 239. The lowest BCUT2D eigenvalue weighted by atomic mass is 10.0. The van der Waals surface area contributed by atoms with Crippen molar-refractivity contribution in [1.82, 2.24) is 0 Å². The Labute approximate surface area is 93.1 Å². The molecule has 1 nitrogen and oxygen atoms in total. The summed E-state index contributed by atoms with van der Waals surface area (Å²) in [6.45, 7) is -1.10. The van der Waals surface area contributed by atoms with Gasteiger partial charge in [0.15, 0.2) is 0 Å². The summed E-state index contributed by atoms with van der Waals surface area (Å²) < 4.78 is 83.2. The zero-order valence-electron chi connectivity index (χ0n) is 6.76. The zero-order valence-corrected chi connectivity index (χ0v) is 8.91. The van der Waals surface area contributed by atoms with Crippen molar-refractivity contribution in [1.29, 1.82) is 0 Å². The molecule has 0 amide bonds. The Balaban J connectivity index is 5.44. The Kier molecular flexibility index (Phi) is 4.42. The van der Waals surface area contributed by atoms with Crippen LogP contribution in [0.5, 0.6) is 0 Å². The van der Waals surface area contributed by atoms with Gasteiger partial charge in [-0.1, -0.05) is 0 Å². The minimum absolute atomic E-state index is 0.687. The first kappa shape index (κ1) is 14.9. The summed E-state index contributed by atoms with van der Waals surface area (Å²) in [5.41, 5.74) is -5.43. The van der Waals surface area contributed by atoms with Gasteiger partial charge in [-0.05, 0) is 28.7 Å².